The maximum atomic E-state index is 11.2. The number of carbonyl (C=O) groups is 1. The lowest BCUT2D eigenvalue weighted by Crippen LogP contribution is -2.09. The lowest BCUT2D eigenvalue weighted by Gasteiger charge is -2.12. The molecule has 1 aromatic carbocycles. The lowest BCUT2D eigenvalue weighted by atomic mass is 10.1. The molecule has 0 aliphatic carbocycles. The van der Waals surface area contributed by atoms with Crippen LogP contribution in [0.4, 0.5) is 0 Å². The topological polar surface area (TPSA) is 72.3 Å². The van der Waals surface area contributed by atoms with Gasteiger partial charge in [-0.3, -0.25) is 0 Å². The monoisotopic (exact) mass is 326 g/mol. The number of carboxylic acid groups (broad SMARTS) is 1. The highest BCUT2D eigenvalue weighted by atomic mass is 16.5. The normalized spacial score (nSPS) is 11.4. The molecule has 5 nitrogen and oxygen atoms in total. The molecule has 0 bridgehead atoms. The number of nitrogens with zero attached hydrogens (tertiary/aromatic N) is 2. The average molecular weight is 326 g/mol. The highest BCUT2D eigenvalue weighted by Crippen LogP contribution is 2.22. The minimum Gasteiger partial charge on any atom is -0.490 e. The molecule has 24 heavy (non-hydrogen) atoms. The molecule has 1 aromatic heterocycles. The molecule has 5 heteroatoms. The summed E-state index contributed by atoms with van der Waals surface area (Å²) < 4.78 is 5.78. The summed E-state index contributed by atoms with van der Waals surface area (Å²) in [5, 5.41) is 9.22. The molecule has 1 heterocycles. The maximum absolute atomic E-state index is 11.2. The first kappa shape index (κ1) is 17.7. The van der Waals surface area contributed by atoms with Gasteiger partial charge >= 0.3 is 5.97 Å². The minimum absolute atomic E-state index is 0.00260. The van der Waals surface area contributed by atoms with Gasteiger partial charge < -0.3 is 9.84 Å². The van der Waals surface area contributed by atoms with Gasteiger partial charge in [-0.05, 0) is 38.0 Å². The van der Waals surface area contributed by atoms with Crippen LogP contribution in [0.1, 0.15) is 61.1 Å². The second-order valence-electron chi connectivity index (χ2n) is 6.02. The van der Waals surface area contributed by atoms with Crippen LogP contribution >= 0.6 is 0 Å². The number of hydrogen-bond donors (Lipinski definition) is 1. The summed E-state index contributed by atoms with van der Waals surface area (Å²) in [6, 6.07) is 7.71. The van der Waals surface area contributed by atoms with Crippen molar-refractivity contribution < 1.29 is 14.6 Å². The lowest BCUT2D eigenvalue weighted by molar-refractivity contribution is 0.0694. The number of benzene rings is 1. The maximum Gasteiger partial charge on any atom is 0.339 e. The largest absolute Gasteiger partial charge is 0.490 e. The minimum atomic E-state index is -1.01. The molecule has 0 aliphatic heterocycles. The Balaban J connectivity index is 2.33. The van der Waals surface area contributed by atoms with Crippen LogP contribution in [0.5, 0.6) is 5.75 Å². The zero-order valence-electron chi connectivity index (χ0n) is 14.4. The fraction of sp³-hybridized carbons (Fsp3) is 0.316. The van der Waals surface area contributed by atoms with E-state index in [1.54, 1.807) is 6.08 Å². The van der Waals surface area contributed by atoms with Crippen molar-refractivity contribution in [3.8, 4) is 5.75 Å². The van der Waals surface area contributed by atoms with Gasteiger partial charge in [0.25, 0.3) is 0 Å². The molecule has 126 valence electrons. The molecular weight excluding hydrogens is 304 g/mol. The number of carboxylic acids is 1. The van der Waals surface area contributed by atoms with Crippen LogP contribution in [0.2, 0.25) is 0 Å². The molecule has 0 fully saturated rings. The van der Waals surface area contributed by atoms with Gasteiger partial charge in [-0.15, -0.1) is 0 Å². The fourth-order valence-electron chi connectivity index (χ4n) is 2.24. The van der Waals surface area contributed by atoms with Crippen molar-refractivity contribution >= 4 is 18.1 Å². The van der Waals surface area contributed by atoms with Gasteiger partial charge in [-0.25, -0.2) is 14.8 Å². The van der Waals surface area contributed by atoms with Gasteiger partial charge in [-0.2, -0.15) is 0 Å². The first-order valence-corrected chi connectivity index (χ1v) is 7.92. The van der Waals surface area contributed by atoms with Crippen LogP contribution in [0.3, 0.4) is 0 Å². The highest BCUT2D eigenvalue weighted by Gasteiger charge is 2.15. The molecule has 0 amide bonds. The zero-order chi connectivity index (χ0) is 17.7. The van der Waals surface area contributed by atoms with Crippen molar-refractivity contribution in [2.24, 2.45) is 0 Å². The van der Waals surface area contributed by atoms with Gasteiger partial charge in [0.1, 0.15) is 5.75 Å². The van der Waals surface area contributed by atoms with E-state index >= 15 is 0 Å². The molecule has 0 radical (unpaired) electrons. The molecule has 0 atom stereocenters. The Kier molecular flexibility index (Phi) is 5.68. The Morgan fingerprint density at radius 1 is 1.17 bits per heavy atom. The molecule has 0 spiro atoms. The van der Waals surface area contributed by atoms with Crippen LogP contribution in [0.15, 0.2) is 30.5 Å². The predicted octanol–water partition coefficient (Wildman–Crippen LogP) is 4.26. The molecule has 0 aliphatic rings. The summed E-state index contributed by atoms with van der Waals surface area (Å²) >= 11 is 0. The Hall–Kier alpha value is -2.69. The first-order chi connectivity index (χ1) is 11.4. The smallest absolute Gasteiger partial charge is 0.339 e. The molecule has 1 N–H and O–H groups in total. The third kappa shape index (κ3) is 4.41. The van der Waals surface area contributed by atoms with Crippen LogP contribution in [-0.2, 0) is 0 Å². The third-order valence-electron chi connectivity index (χ3n) is 3.31. The number of rotatable bonds is 6. The first-order valence-electron chi connectivity index (χ1n) is 7.92. The van der Waals surface area contributed by atoms with Gasteiger partial charge in [-0.1, -0.05) is 32.0 Å². The molecule has 2 rings (SSSR count). The highest BCUT2D eigenvalue weighted by molar-refractivity contribution is 5.88. The SMILES string of the molecule is CC(C)Oc1ccccc1C=Cc1ncc(C(=O)O)c(C(C)C)n1. The number of hydrogen-bond acceptors (Lipinski definition) is 4. The Morgan fingerprint density at radius 2 is 1.88 bits per heavy atom. The van der Waals surface area contributed by atoms with E-state index in [1.807, 2.05) is 58.0 Å². The van der Waals surface area contributed by atoms with Crippen molar-refractivity contribution in [3.63, 3.8) is 0 Å². The standard InChI is InChI=1S/C19H22N2O3/c1-12(2)18-15(19(22)23)11-20-17(21-18)10-9-14-7-5-6-8-16(14)24-13(3)4/h5-13H,1-4H3,(H,22,23). The van der Waals surface area contributed by atoms with Crippen molar-refractivity contribution in [2.75, 3.05) is 0 Å². The predicted molar refractivity (Wildman–Crippen MR) is 94.2 cm³/mol. The second-order valence-corrected chi connectivity index (χ2v) is 6.02. The summed E-state index contributed by atoms with van der Waals surface area (Å²) in [5.41, 5.74) is 1.60. The molecular formula is C19H22N2O3. The number of ether oxygens (including phenoxy) is 1. The van der Waals surface area contributed by atoms with E-state index in [9.17, 15) is 9.90 Å². The van der Waals surface area contributed by atoms with Gasteiger partial charge in [0, 0.05) is 11.8 Å². The number of para-hydroxylation sites is 1. The van der Waals surface area contributed by atoms with Crippen molar-refractivity contribution in [1.29, 1.82) is 0 Å². The fourth-order valence-corrected chi connectivity index (χ4v) is 2.24. The van der Waals surface area contributed by atoms with E-state index in [0.717, 1.165) is 11.3 Å². The van der Waals surface area contributed by atoms with Crippen molar-refractivity contribution in [3.05, 3.63) is 53.1 Å². The van der Waals surface area contributed by atoms with Crippen LogP contribution in [0.25, 0.3) is 12.2 Å². The Bertz CT molecular complexity index is 752. The molecule has 0 saturated carbocycles. The van der Waals surface area contributed by atoms with Crippen LogP contribution < -0.4 is 4.74 Å². The van der Waals surface area contributed by atoms with E-state index in [2.05, 4.69) is 9.97 Å². The summed E-state index contributed by atoms with van der Waals surface area (Å²) in [4.78, 5) is 19.8. The van der Waals surface area contributed by atoms with Gasteiger partial charge in [0.05, 0.1) is 17.4 Å². The number of aromatic nitrogens is 2. The summed E-state index contributed by atoms with van der Waals surface area (Å²) in [6.07, 6.45) is 5.08. The van der Waals surface area contributed by atoms with Gasteiger partial charge in [0.2, 0.25) is 0 Å². The zero-order valence-corrected chi connectivity index (χ0v) is 14.4. The van der Waals surface area contributed by atoms with Gasteiger partial charge in [0.15, 0.2) is 5.82 Å². The van der Waals surface area contributed by atoms with Crippen LogP contribution in [-0.4, -0.2) is 27.1 Å². The molecule has 0 unspecified atom stereocenters. The summed E-state index contributed by atoms with van der Waals surface area (Å²) in [7, 11) is 0. The second kappa shape index (κ2) is 7.73. The van der Waals surface area contributed by atoms with E-state index in [4.69, 9.17) is 4.74 Å². The Morgan fingerprint density at radius 3 is 2.50 bits per heavy atom. The van der Waals surface area contributed by atoms with E-state index < -0.39 is 5.97 Å². The number of aromatic carboxylic acids is 1. The Labute approximate surface area is 142 Å². The molecule has 2 aromatic rings. The summed E-state index contributed by atoms with van der Waals surface area (Å²) in [6.45, 7) is 7.77. The quantitative estimate of drug-likeness (QED) is 0.859. The van der Waals surface area contributed by atoms with Crippen LogP contribution in [0, 0.1) is 0 Å². The molecule has 0 saturated heterocycles. The van der Waals surface area contributed by atoms with E-state index in [0.29, 0.717) is 11.5 Å². The summed E-state index contributed by atoms with van der Waals surface area (Å²) in [5.74, 6) is 0.255. The van der Waals surface area contributed by atoms with E-state index in [-0.39, 0.29) is 17.6 Å². The van der Waals surface area contributed by atoms with E-state index in [1.165, 1.54) is 6.20 Å². The van der Waals surface area contributed by atoms with Crippen molar-refractivity contribution in [2.45, 2.75) is 39.7 Å². The average Bonchev–Trinajstić information content (AvgIpc) is 2.53. The third-order valence-corrected chi connectivity index (χ3v) is 3.31. The van der Waals surface area contributed by atoms with Crippen molar-refractivity contribution in [1.82, 2.24) is 9.97 Å².